The molecule has 1 saturated carbocycles. The molecular formula is C19H25N3S. The van der Waals surface area contributed by atoms with Crippen LogP contribution in [0.3, 0.4) is 0 Å². The Bertz CT molecular complexity index is 728. The van der Waals surface area contributed by atoms with Crippen LogP contribution in [0.1, 0.15) is 48.9 Å². The largest absolute Gasteiger partial charge is 0.360 e. The van der Waals surface area contributed by atoms with E-state index in [1.807, 2.05) is 0 Å². The van der Waals surface area contributed by atoms with Gasteiger partial charge < -0.3 is 15.6 Å². The van der Waals surface area contributed by atoms with E-state index in [0.717, 1.165) is 18.0 Å². The third-order valence-electron chi connectivity index (χ3n) is 5.33. The van der Waals surface area contributed by atoms with Gasteiger partial charge in [0.25, 0.3) is 0 Å². The van der Waals surface area contributed by atoms with E-state index in [0.29, 0.717) is 12.1 Å². The zero-order chi connectivity index (χ0) is 15.8. The minimum absolute atomic E-state index is 0.421. The summed E-state index contributed by atoms with van der Waals surface area (Å²) < 4.78 is 0. The summed E-state index contributed by atoms with van der Waals surface area (Å²) in [5.41, 5.74) is 5.44. The molecule has 0 aliphatic heterocycles. The standard InChI is InChI=1S/C19H25N3S/c1-12-7-8-17-15(9-12)16-10-14(11-18(16)22-17)21-19(23)20-13-5-3-2-4-6-13/h7-9,13-14,22H,2-6,10-11H2,1H3,(H2,20,21,23). The molecule has 1 aromatic carbocycles. The SMILES string of the molecule is Cc1ccc2[nH]c3c(c2c1)CC(NC(=S)NC1CCCCC1)C3. The molecule has 4 rings (SSSR count). The number of aryl methyl sites for hydroxylation is 1. The number of hydrogen-bond donors (Lipinski definition) is 3. The van der Waals surface area contributed by atoms with Gasteiger partial charge in [-0.15, -0.1) is 0 Å². The molecule has 2 aliphatic rings. The fourth-order valence-corrected chi connectivity index (χ4v) is 4.48. The second-order valence-electron chi connectivity index (χ2n) is 7.19. The number of H-pyrrole nitrogens is 1. The molecule has 122 valence electrons. The van der Waals surface area contributed by atoms with Crippen molar-refractivity contribution >= 4 is 28.2 Å². The van der Waals surface area contributed by atoms with E-state index in [1.54, 1.807) is 0 Å². The molecule has 3 N–H and O–H groups in total. The van der Waals surface area contributed by atoms with Crippen LogP contribution in [-0.4, -0.2) is 22.2 Å². The van der Waals surface area contributed by atoms with Gasteiger partial charge in [-0.2, -0.15) is 0 Å². The van der Waals surface area contributed by atoms with Gasteiger partial charge in [-0.1, -0.05) is 30.9 Å². The van der Waals surface area contributed by atoms with Crippen LogP contribution >= 0.6 is 12.2 Å². The number of rotatable bonds is 2. The number of nitrogens with one attached hydrogen (secondary N) is 3. The number of aromatic nitrogens is 1. The summed E-state index contributed by atoms with van der Waals surface area (Å²) in [6.07, 6.45) is 8.66. The average molecular weight is 327 g/mol. The summed E-state index contributed by atoms with van der Waals surface area (Å²) >= 11 is 5.54. The Morgan fingerprint density at radius 2 is 1.87 bits per heavy atom. The molecule has 2 aliphatic carbocycles. The topological polar surface area (TPSA) is 39.9 Å². The van der Waals surface area contributed by atoms with Crippen LogP contribution in [0, 0.1) is 6.92 Å². The van der Waals surface area contributed by atoms with Gasteiger partial charge in [-0.05, 0) is 56.1 Å². The van der Waals surface area contributed by atoms with Crippen molar-refractivity contribution < 1.29 is 0 Å². The van der Waals surface area contributed by atoms with Crippen LogP contribution in [-0.2, 0) is 12.8 Å². The lowest BCUT2D eigenvalue weighted by molar-refractivity contribution is 0.410. The summed E-state index contributed by atoms with van der Waals surface area (Å²) in [5, 5.41) is 9.28. The normalized spacial score (nSPS) is 21.3. The molecule has 1 aromatic heterocycles. The maximum atomic E-state index is 5.54. The van der Waals surface area contributed by atoms with Gasteiger partial charge >= 0.3 is 0 Å². The highest BCUT2D eigenvalue weighted by molar-refractivity contribution is 7.80. The molecular weight excluding hydrogens is 302 g/mol. The van der Waals surface area contributed by atoms with Crippen LogP contribution in [0.15, 0.2) is 18.2 Å². The van der Waals surface area contributed by atoms with Crippen molar-refractivity contribution in [1.29, 1.82) is 0 Å². The first kappa shape index (κ1) is 15.0. The quantitative estimate of drug-likeness (QED) is 0.736. The smallest absolute Gasteiger partial charge is 0.166 e. The van der Waals surface area contributed by atoms with Crippen molar-refractivity contribution in [2.75, 3.05) is 0 Å². The predicted octanol–water partition coefficient (Wildman–Crippen LogP) is 3.74. The van der Waals surface area contributed by atoms with E-state index < -0.39 is 0 Å². The molecule has 0 amide bonds. The van der Waals surface area contributed by atoms with Gasteiger partial charge in [-0.25, -0.2) is 0 Å². The Morgan fingerprint density at radius 3 is 2.70 bits per heavy atom. The van der Waals surface area contributed by atoms with Gasteiger partial charge in [0.2, 0.25) is 0 Å². The lowest BCUT2D eigenvalue weighted by Gasteiger charge is -2.25. The Labute approximate surface area is 143 Å². The third kappa shape index (κ3) is 3.09. The van der Waals surface area contributed by atoms with Crippen LogP contribution in [0.4, 0.5) is 0 Å². The number of benzene rings is 1. The third-order valence-corrected chi connectivity index (χ3v) is 5.56. The number of fused-ring (bicyclic) bond motifs is 3. The highest BCUT2D eigenvalue weighted by Crippen LogP contribution is 2.30. The van der Waals surface area contributed by atoms with Crippen molar-refractivity contribution in [2.45, 2.75) is 64.0 Å². The van der Waals surface area contributed by atoms with Crippen molar-refractivity contribution in [3.63, 3.8) is 0 Å². The Kier molecular flexibility index (Phi) is 4.02. The van der Waals surface area contributed by atoms with E-state index >= 15 is 0 Å². The minimum atomic E-state index is 0.421. The summed E-state index contributed by atoms with van der Waals surface area (Å²) in [6.45, 7) is 2.16. The predicted molar refractivity (Wildman–Crippen MR) is 100.0 cm³/mol. The molecule has 0 bridgehead atoms. The maximum absolute atomic E-state index is 5.54. The summed E-state index contributed by atoms with van der Waals surface area (Å²) in [7, 11) is 0. The van der Waals surface area contributed by atoms with Crippen LogP contribution in [0.25, 0.3) is 10.9 Å². The molecule has 4 heteroatoms. The van der Waals surface area contributed by atoms with Crippen LogP contribution in [0.2, 0.25) is 0 Å². The second kappa shape index (κ2) is 6.16. The summed E-state index contributed by atoms with van der Waals surface area (Å²) in [4.78, 5) is 3.58. The van der Waals surface area contributed by atoms with Gasteiger partial charge in [-0.3, -0.25) is 0 Å². The van der Waals surface area contributed by atoms with E-state index in [9.17, 15) is 0 Å². The van der Waals surface area contributed by atoms with E-state index in [2.05, 4.69) is 40.7 Å². The minimum Gasteiger partial charge on any atom is -0.360 e. The summed E-state index contributed by atoms with van der Waals surface area (Å²) in [5.74, 6) is 0. The lowest BCUT2D eigenvalue weighted by Crippen LogP contribution is -2.47. The highest BCUT2D eigenvalue weighted by atomic mass is 32.1. The molecule has 1 fully saturated rings. The molecule has 1 unspecified atom stereocenters. The first-order valence-electron chi connectivity index (χ1n) is 8.86. The highest BCUT2D eigenvalue weighted by Gasteiger charge is 2.26. The van der Waals surface area contributed by atoms with Crippen molar-refractivity contribution in [1.82, 2.24) is 15.6 Å². The molecule has 1 atom stereocenters. The monoisotopic (exact) mass is 327 g/mol. The summed E-state index contributed by atoms with van der Waals surface area (Å²) in [6, 6.07) is 7.66. The van der Waals surface area contributed by atoms with Crippen molar-refractivity contribution in [2.24, 2.45) is 0 Å². The fourth-order valence-electron chi connectivity index (χ4n) is 4.15. The van der Waals surface area contributed by atoms with E-state index in [4.69, 9.17) is 12.2 Å². The molecule has 2 aromatic rings. The average Bonchev–Trinajstić information content (AvgIpc) is 3.05. The molecule has 0 saturated heterocycles. The van der Waals surface area contributed by atoms with Crippen molar-refractivity contribution in [3.05, 3.63) is 35.0 Å². The Balaban J connectivity index is 1.40. The van der Waals surface area contributed by atoms with Gasteiger partial charge in [0.1, 0.15) is 0 Å². The van der Waals surface area contributed by atoms with Gasteiger partial charge in [0, 0.05) is 35.1 Å². The Morgan fingerprint density at radius 1 is 1.09 bits per heavy atom. The molecule has 3 nitrogen and oxygen atoms in total. The number of hydrogen-bond acceptors (Lipinski definition) is 1. The second-order valence-corrected chi connectivity index (χ2v) is 7.60. The lowest BCUT2D eigenvalue weighted by atomic mass is 9.96. The Hall–Kier alpha value is -1.55. The van der Waals surface area contributed by atoms with E-state index in [-0.39, 0.29) is 0 Å². The molecule has 0 radical (unpaired) electrons. The van der Waals surface area contributed by atoms with Gasteiger partial charge in [0.15, 0.2) is 5.11 Å². The fraction of sp³-hybridized carbons (Fsp3) is 0.526. The van der Waals surface area contributed by atoms with Crippen LogP contribution in [0.5, 0.6) is 0 Å². The number of thiocarbonyl (C=S) groups is 1. The number of aromatic amines is 1. The zero-order valence-corrected chi connectivity index (χ0v) is 14.6. The van der Waals surface area contributed by atoms with Crippen molar-refractivity contribution in [3.8, 4) is 0 Å². The van der Waals surface area contributed by atoms with Gasteiger partial charge in [0.05, 0.1) is 0 Å². The van der Waals surface area contributed by atoms with E-state index in [1.165, 1.54) is 59.8 Å². The molecule has 1 heterocycles. The molecule has 0 spiro atoms. The first-order valence-corrected chi connectivity index (χ1v) is 9.27. The molecule has 23 heavy (non-hydrogen) atoms. The first-order chi connectivity index (χ1) is 11.2. The zero-order valence-electron chi connectivity index (χ0n) is 13.7. The maximum Gasteiger partial charge on any atom is 0.166 e. The van der Waals surface area contributed by atoms with Crippen LogP contribution < -0.4 is 10.6 Å².